The van der Waals surface area contributed by atoms with E-state index in [1.807, 2.05) is 32.0 Å². The Morgan fingerprint density at radius 2 is 1.78 bits per heavy atom. The van der Waals surface area contributed by atoms with E-state index < -0.39 is 10.0 Å². The minimum atomic E-state index is -3.79. The van der Waals surface area contributed by atoms with E-state index in [-0.39, 0.29) is 22.6 Å². The van der Waals surface area contributed by atoms with Crippen LogP contribution in [0, 0.1) is 19.8 Å². The lowest BCUT2D eigenvalue weighted by molar-refractivity contribution is 0.102. The zero-order valence-electron chi connectivity index (χ0n) is 19.4. The molecule has 1 fully saturated rings. The number of benzene rings is 2. The summed E-state index contributed by atoms with van der Waals surface area (Å²) in [5, 5.41) is 2.88. The van der Waals surface area contributed by atoms with Gasteiger partial charge in [-0.25, -0.2) is 13.1 Å². The molecule has 0 aliphatic carbocycles. The molecule has 0 radical (unpaired) electrons. The molecule has 32 heavy (non-hydrogen) atoms. The summed E-state index contributed by atoms with van der Waals surface area (Å²) in [6.45, 7) is 7.49. The lowest BCUT2D eigenvalue weighted by Gasteiger charge is -2.33. The van der Waals surface area contributed by atoms with Gasteiger partial charge in [-0.1, -0.05) is 18.2 Å². The lowest BCUT2D eigenvalue weighted by atomic mass is 9.91. The Morgan fingerprint density at radius 3 is 2.41 bits per heavy atom. The third-order valence-corrected chi connectivity index (χ3v) is 7.83. The first kappa shape index (κ1) is 24.2. The minimum absolute atomic E-state index is 0.0752. The Balaban J connectivity index is 1.82. The summed E-state index contributed by atoms with van der Waals surface area (Å²) in [4.78, 5) is 15.1. The Bertz CT molecular complexity index is 1080. The summed E-state index contributed by atoms with van der Waals surface area (Å²) >= 11 is 0. The Labute approximate surface area is 191 Å². The molecule has 8 heteroatoms. The van der Waals surface area contributed by atoms with E-state index in [0.717, 1.165) is 31.5 Å². The number of carbonyl (C=O) groups is 1. The third kappa shape index (κ3) is 5.49. The number of nitrogens with zero attached hydrogens (tertiary/aromatic N) is 1. The van der Waals surface area contributed by atoms with Gasteiger partial charge in [-0.05, 0) is 82.9 Å². The highest BCUT2D eigenvalue weighted by Gasteiger charge is 2.29. The molecule has 0 bridgehead atoms. The van der Waals surface area contributed by atoms with Gasteiger partial charge in [0.15, 0.2) is 0 Å². The largest absolute Gasteiger partial charge is 0.495 e. The van der Waals surface area contributed by atoms with Gasteiger partial charge in [-0.15, -0.1) is 0 Å². The number of aryl methyl sites for hydroxylation is 2. The fraction of sp³-hybridized carbons (Fsp3) is 0.458. The summed E-state index contributed by atoms with van der Waals surface area (Å²) in [7, 11) is -0.284. The minimum Gasteiger partial charge on any atom is -0.495 e. The molecule has 1 saturated heterocycles. The Morgan fingerprint density at radius 1 is 1.12 bits per heavy atom. The van der Waals surface area contributed by atoms with Gasteiger partial charge >= 0.3 is 0 Å². The number of carbonyl (C=O) groups excluding carboxylic acids is 1. The zero-order chi connectivity index (χ0) is 23.5. The molecular formula is C24H33N3O4S. The first-order valence-electron chi connectivity index (χ1n) is 10.9. The van der Waals surface area contributed by atoms with Gasteiger partial charge in [0.2, 0.25) is 10.0 Å². The highest BCUT2D eigenvalue weighted by molar-refractivity contribution is 7.89. The molecule has 1 amide bonds. The number of rotatable bonds is 7. The van der Waals surface area contributed by atoms with Crippen LogP contribution in [-0.2, 0) is 10.0 Å². The predicted octanol–water partition coefficient (Wildman–Crippen LogP) is 3.57. The van der Waals surface area contributed by atoms with Gasteiger partial charge in [-0.2, -0.15) is 0 Å². The molecule has 1 aliphatic heterocycles. The molecule has 2 aromatic carbocycles. The molecule has 0 saturated carbocycles. The van der Waals surface area contributed by atoms with Crippen LogP contribution < -0.4 is 14.8 Å². The van der Waals surface area contributed by atoms with E-state index in [2.05, 4.69) is 22.0 Å². The van der Waals surface area contributed by atoms with Crippen molar-refractivity contribution in [2.45, 2.75) is 44.6 Å². The Kier molecular flexibility index (Phi) is 7.59. The number of amides is 1. The van der Waals surface area contributed by atoms with E-state index in [9.17, 15) is 13.2 Å². The highest BCUT2D eigenvalue weighted by atomic mass is 32.2. The standard InChI is InChI=1S/C24H33N3O4S/c1-16-8-6-7-9-20(16)24(28)25-21-15-22(31-5)23(14-17(21)2)32(29,30)26-18(3)19-10-12-27(4)13-11-19/h6-9,14-15,18-19,26H,10-13H2,1-5H3,(H,25,28)/t18-/m1/s1. The quantitative estimate of drug-likeness (QED) is 0.661. The van der Waals surface area contributed by atoms with Crippen LogP contribution >= 0.6 is 0 Å². The molecule has 0 spiro atoms. The van der Waals surface area contributed by atoms with Gasteiger partial charge < -0.3 is 15.0 Å². The number of sulfonamides is 1. The number of ether oxygens (including phenoxy) is 1. The maximum atomic E-state index is 13.2. The fourth-order valence-corrected chi connectivity index (χ4v) is 5.66. The van der Waals surface area contributed by atoms with Crippen LogP contribution in [0.4, 0.5) is 5.69 Å². The SMILES string of the molecule is COc1cc(NC(=O)c2ccccc2C)c(C)cc1S(=O)(=O)N[C@H](C)C1CCN(C)CC1. The summed E-state index contributed by atoms with van der Waals surface area (Å²) in [5.41, 5.74) is 2.58. The van der Waals surface area contributed by atoms with Crippen LogP contribution in [0.1, 0.15) is 41.3 Å². The summed E-state index contributed by atoms with van der Waals surface area (Å²) in [6, 6.07) is 10.2. The number of hydrogen-bond acceptors (Lipinski definition) is 5. The molecule has 2 N–H and O–H groups in total. The second-order valence-electron chi connectivity index (χ2n) is 8.64. The molecule has 174 valence electrons. The summed E-state index contributed by atoms with van der Waals surface area (Å²) in [6.07, 6.45) is 1.92. The number of likely N-dealkylation sites (tertiary alicyclic amines) is 1. The molecule has 0 unspecified atom stereocenters. The van der Waals surface area contributed by atoms with Crippen LogP contribution in [0.3, 0.4) is 0 Å². The zero-order valence-corrected chi connectivity index (χ0v) is 20.3. The number of nitrogens with one attached hydrogen (secondary N) is 2. The first-order valence-corrected chi connectivity index (χ1v) is 12.4. The second kappa shape index (κ2) is 10.0. The maximum Gasteiger partial charge on any atom is 0.255 e. The predicted molar refractivity (Wildman–Crippen MR) is 127 cm³/mol. The normalized spacial score (nSPS) is 16.5. The summed E-state index contributed by atoms with van der Waals surface area (Å²) in [5.74, 6) is 0.234. The van der Waals surface area contributed by atoms with E-state index in [1.165, 1.54) is 7.11 Å². The summed E-state index contributed by atoms with van der Waals surface area (Å²) < 4.78 is 34.6. The van der Waals surface area contributed by atoms with Crippen LogP contribution in [0.25, 0.3) is 0 Å². The van der Waals surface area contributed by atoms with Crippen LogP contribution in [0.15, 0.2) is 41.3 Å². The van der Waals surface area contributed by atoms with E-state index in [0.29, 0.717) is 22.7 Å². The molecule has 3 rings (SSSR count). The van der Waals surface area contributed by atoms with Crippen molar-refractivity contribution in [2.75, 3.05) is 32.6 Å². The van der Waals surface area contributed by atoms with Crippen molar-refractivity contribution in [3.8, 4) is 5.75 Å². The maximum absolute atomic E-state index is 13.2. The number of hydrogen-bond donors (Lipinski definition) is 2. The van der Waals surface area contributed by atoms with Crippen LogP contribution in [-0.4, -0.2) is 52.5 Å². The Hall–Kier alpha value is -2.42. The van der Waals surface area contributed by atoms with Gasteiger partial charge in [0.1, 0.15) is 10.6 Å². The third-order valence-electron chi connectivity index (χ3n) is 6.25. The molecule has 1 heterocycles. The molecular weight excluding hydrogens is 426 g/mol. The van der Waals surface area contributed by atoms with Gasteiger partial charge in [0.25, 0.3) is 5.91 Å². The van der Waals surface area contributed by atoms with Gasteiger partial charge in [-0.3, -0.25) is 4.79 Å². The van der Waals surface area contributed by atoms with Crippen molar-refractivity contribution in [1.82, 2.24) is 9.62 Å². The monoisotopic (exact) mass is 459 g/mol. The molecule has 2 aromatic rings. The van der Waals surface area contributed by atoms with Crippen LogP contribution in [0.2, 0.25) is 0 Å². The van der Waals surface area contributed by atoms with Crippen molar-refractivity contribution in [1.29, 1.82) is 0 Å². The van der Waals surface area contributed by atoms with Crippen molar-refractivity contribution < 1.29 is 17.9 Å². The highest BCUT2D eigenvalue weighted by Crippen LogP contribution is 2.32. The average molecular weight is 460 g/mol. The molecule has 7 nitrogen and oxygen atoms in total. The number of anilines is 1. The van der Waals surface area contributed by atoms with Crippen molar-refractivity contribution in [2.24, 2.45) is 5.92 Å². The van der Waals surface area contributed by atoms with Gasteiger partial charge in [0, 0.05) is 23.4 Å². The molecule has 0 aromatic heterocycles. The van der Waals surface area contributed by atoms with E-state index in [1.54, 1.807) is 25.1 Å². The fourth-order valence-electron chi connectivity index (χ4n) is 4.12. The first-order chi connectivity index (χ1) is 15.1. The lowest BCUT2D eigenvalue weighted by Crippen LogP contribution is -2.43. The second-order valence-corrected chi connectivity index (χ2v) is 10.3. The van der Waals surface area contributed by atoms with Crippen molar-refractivity contribution in [3.05, 3.63) is 53.1 Å². The molecule has 1 aliphatic rings. The van der Waals surface area contributed by atoms with E-state index >= 15 is 0 Å². The van der Waals surface area contributed by atoms with Gasteiger partial charge in [0.05, 0.1) is 7.11 Å². The smallest absolute Gasteiger partial charge is 0.255 e. The van der Waals surface area contributed by atoms with Crippen LogP contribution in [0.5, 0.6) is 5.75 Å². The van der Waals surface area contributed by atoms with Crippen molar-refractivity contribution >= 4 is 21.6 Å². The topological polar surface area (TPSA) is 87.7 Å². The van der Waals surface area contributed by atoms with Crippen molar-refractivity contribution in [3.63, 3.8) is 0 Å². The molecule has 1 atom stereocenters. The number of piperidine rings is 1. The van der Waals surface area contributed by atoms with E-state index in [4.69, 9.17) is 4.74 Å². The average Bonchev–Trinajstić information content (AvgIpc) is 2.75. The number of methoxy groups -OCH3 is 1.